The average Bonchev–Trinajstić information content (AvgIpc) is 2.64. The summed E-state index contributed by atoms with van der Waals surface area (Å²) in [6.45, 7) is 5.50. The van der Waals surface area contributed by atoms with Crippen LogP contribution >= 0.6 is 0 Å². The highest BCUT2D eigenvalue weighted by molar-refractivity contribution is 5.76. The second kappa shape index (κ2) is 5.32. The third kappa shape index (κ3) is 2.50. The fourth-order valence-corrected chi connectivity index (χ4v) is 2.19. The van der Waals surface area contributed by atoms with Crippen molar-refractivity contribution in [3.63, 3.8) is 0 Å². The Morgan fingerprint density at radius 3 is 2.88 bits per heavy atom. The Bertz CT molecular complexity index is 502. The molecule has 3 heteroatoms. The van der Waals surface area contributed by atoms with Crippen molar-refractivity contribution in [2.45, 2.75) is 39.7 Å². The van der Waals surface area contributed by atoms with Crippen LogP contribution in [0, 0.1) is 6.92 Å². The molecule has 0 aliphatic rings. The summed E-state index contributed by atoms with van der Waals surface area (Å²) in [4.78, 5) is 4.68. The Hall–Kier alpha value is -1.35. The summed E-state index contributed by atoms with van der Waals surface area (Å²) in [7, 11) is 0. The Morgan fingerprint density at radius 1 is 1.35 bits per heavy atom. The highest BCUT2D eigenvalue weighted by Crippen LogP contribution is 2.19. The summed E-state index contributed by atoms with van der Waals surface area (Å²) in [6.07, 6.45) is 2.74. The van der Waals surface area contributed by atoms with Crippen LogP contribution in [0.15, 0.2) is 18.2 Å². The number of aliphatic hydroxyl groups is 1. The maximum atomic E-state index is 8.93. The molecule has 2 rings (SSSR count). The summed E-state index contributed by atoms with van der Waals surface area (Å²) in [5, 5.41) is 8.93. The van der Waals surface area contributed by atoms with Crippen molar-refractivity contribution in [2.24, 2.45) is 0 Å². The second-order valence-electron chi connectivity index (χ2n) is 4.50. The molecule has 0 spiro atoms. The van der Waals surface area contributed by atoms with Gasteiger partial charge in [0.1, 0.15) is 5.82 Å². The fraction of sp³-hybridized carbons (Fsp3) is 0.500. The van der Waals surface area contributed by atoms with Gasteiger partial charge in [0.2, 0.25) is 0 Å². The molecule has 0 atom stereocenters. The van der Waals surface area contributed by atoms with Gasteiger partial charge in [-0.1, -0.05) is 13.0 Å². The lowest BCUT2D eigenvalue weighted by Gasteiger charge is -2.06. The van der Waals surface area contributed by atoms with Crippen LogP contribution in [0.4, 0.5) is 0 Å². The van der Waals surface area contributed by atoms with E-state index in [9.17, 15) is 0 Å². The van der Waals surface area contributed by atoms with E-state index in [2.05, 4.69) is 41.6 Å². The first-order chi connectivity index (χ1) is 8.26. The van der Waals surface area contributed by atoms with Crippen molar-refractivity contribution >= 4 is 11.0 Å². The number of aromatic nitrogens is 2. The summed E-state index contributed by atoms with van der Waals surface area (Å²) < 4.78 is 2.28. The smallest absolute Gasteiger partial charge is 0.109 e. The minimum atomic E-state index is 0.231. The Morgan fingerprint density at radius 2 is 2.18 bits per heavy atom. The molecule has 0 radical (unpaired) electrons. The highest BCUT2D eigenvalue weighted by Gasteiger charge is 2.09. The van der Waals surface area contributed by atoms with Gasteiger partial charge in [0.05, 0.1) is 11.0 Å². The topological polar surface area (TPSA) is 38.0 Å². The zero-order valence-electron chi connectivity index (χ0n) is 10.6. The molecule has 2 aromatic rings. The van der Waals surface area contributed by atoms with E-state index in [0.29, 0.717) is 0 Å². The van der Waals surface area contributed by atoms with Gasteiger partial charge in [-0.05, 0) is 37.5 Å². The molecule has 0 unspecified atom stereocenters. The molecule has 0 aliphatic carbocycles. The van der Waals surface area contributed by atoms with Crippen LogP contribution in [0.1, 0.15) is 31.2 Å². The Kier molecular flexibility index (Phi) is 3.79. The molecule has 3 nitrogen and oxygen atoms in total. The number of rotatable bonds is 5. The first-order valence-electron chi connectivity index (χ1n) is 6.33. The van der Waals surface area contributed by atoms with Gasteiger partial charge in [-0.2, -0.15) is 0 Å². The normalized spacial score (nSPS) is 11.2. The largest absolute Gasteiger partial charge is 0.396 e. The molecule has 0 amide bonds. The van der Waals surface area contributed by atoms with Crippen LogP contribution < -0.4 is 0 Å². The van der Waals surface area contributed by atoms with Crippen molar-refractivity contribution in [1.29, 1.82) is 0 Å². The Labute approximate surface area is 102 Å². The number of fused-ring (bicyclic) bond motifs is 1. The first kappa shape index (κ1) is 12.1. The van der Waals surface area contributed by atoms with Crippen molar-refractivity contribution in [1.82, 2.24) is 9.55 Å². The molecule has 0 fully saturated rings. The zero-order chi connectivity index (χ0) is 12.3. The molecular formula is C14H20N2O. The lowest BCUT2D eigenvalue weighted by molar-refractivity contribution is 0.287. The van der Waals surface area contributed by atoms with E-state index in [1.54, 1.807) is 0 Å². The lowest BCUT2D eigenvalue weighted by atomic mass is 10.2. The first-order valence-corrected chi connectivity index (χ1v) is 6.33. The van der Waals surface area contributed by atoms with E-state index >= 15 is 0 Å². The standard InChI is InChI=1S/C14H20N2O/c1-3-8-16-13-7-6-11(2)10-12(13)15-14(16)5-4-9-17/h6-7,10,17H,3-5,8-9H2,1-2H3. The van der Waals surface area contributed by atoms with Gasteiger partial charge in [-0.15, -0.1) is 0 Å². The number of benzene rings is 1. The third-order valence-electron chi connectivity index (χ3n) is 2.99. The molecular weight excluding hydrogens is 212 g/mol. The van der Waals surface area contributed by atoms with Gasteiger partial charge in [0.25, 0.3) is 0 Å². The minimum absolute atomic E-state index is 0.231. The monoisotopic (exact) mass is 232 g/mol. The predicted octanol–water partition coefficient (Wildman–Crippen LogP) is 2.68. The van der Waals surface area contributed by atoms with Crippen molar-refractivity contribution in [3.05, 3.63) is 29.6 Å². The van der Waals surface area contributed by atoms with Crippen molar-refractivity contribution < 1.29 is 5.11 Å². The molecule has 1 aromatic heterocycles. The summed E-state index contributed by atoms with van der Waals surface area (Å²) in [6, 6.07) is 6.41. The second-order valence-corrected chi connectivity index (χ2v) is 4.50. The molecule has 1 heterocycles. The van der Waals surface area contributed by atoms with Gasteiger partial charge < -0.3 is 9.67 Å². The molecule has 0 saturated carbocycles. The molecule has 92 valence electrons. The lowest BCUT2D eigenvalue weighted by Crippen LogP contribution is -2.04. The summed E-state index contributed by atoms with van der Waals surface area (Å²) >= 11 is 0. The maximum Gasteiger partial charge on any atom is 0.109 e. The molecule has 1 N–H and O–H groups in total. The molecule has 1 aromatic carbocycles. The van der Waals surface area contributed by atoms with Gasteiger partial charge in [0, 0.05) is 19.6 Å². The van der Waals surface area contributed by atoms with E-state index in [1.807, 2.05) is 0 Å². The van der Waals surface area contributed by atoms with E-state index in [4.69, 9.17) is 5.11 Å². The number of hydrogen-bond donors (Lipinski definition) is 1. The fourth-order valence-electron chi connectivity index (χ4n) is 2.19. The number of aryl methyl sites for hydroxylation is 3. The molecule has 0 saturated heterocycles. The predicted molar refractivity (Wildman–Crippen MR) is 70.2 cm³/mol. The zero-order valence-corrected chi connectivity index (χ0v) is 10.6. The van der Waals surface area contributed by atoms with Gasteiger partial charge in [0.15, 0.2) is 0 Å². The van der Waals surface area contributed by atoms with Crippen LogP contribution in [-0.2, 0) is 13.0 Å². The van der Waals surface area contributed by atoms with Crippen molar-refractivity contribution in [3.8, 4) is 0 Å². The quantitative estimate of drug-likeness (QED) is 0.860. The van der Waals surface area contributed by atoms with Crippen LogP contribution in [0.5, 0.6) is 0 Å². The van der Waals surface area contributed by atoms with Gasteiger partial charge in [-0.3, -0.25) is 0 Å². The van der Waals surface area contributed by atoms with Gasteiger partial charge in [-0.25, -0.2) is 4.98 Å². The molecule has 0 bridgehead atoms. The van der Waals surface area contributed by atoms with Gasteiger partial charge >= 0.3 is 0 Å². The van der Waals surface area contributed by atoms with E-state index in [0.717, 1.165) is 37.1 Å². The van der Waals surface area contributed by atoms with E-state index < -0.39 is 0 Å². The summed E-state index contributed by atoms with van der Waals surface area (Å²) in [5.41, 5.74) is 3.53. The van der Waals surface area contributed by atoms with Crippen molar-refractivity contribution in [2.75, 3.05) is 6.61 Å². The number of hydrogen-bond acceptors (Lipinski definition) is 2. The highest BCUT2D eigenvalue weighted by atomic mass is 16.2. The minimum Gasteiger partial charge on any atom is -0.396 e. The van der Waals surface area contributed by atoms with Crippen LogP contribution in [0.25, 0.3) is 11.0 Å². The number of nitrogens with zero attached hydrogens (tertiary/aromatic N) is 2. The SMILES string of the molecule is CCCn1c(CCCO)nc2cc(C)ccc21. The number of aliphatic hydroxyl groups excluding tert-OH is 1. The van der Waals surface area contributed by atoms with Crippen LogP contribution in [-0.4, -0.2) is 21.3 Å². The van der Waals surface area contributed by atoms with Crippen LogP contribution in [0.3, 0.4) is 0 Å². The Balaban J connectivity index is 2.45. The summed E-state index contributed by atoms with van der Waals surface area (Å²) in [5.74, 6) is 1.10. The number of imidazole rings is 1. The van der Waals surface area contributed by atoms with E-state index in [-0.39, 0.29) is 6.61 Å². The maximum absolute atomic E-state index is 8.93. The van der Waals surface area contributed by atoms with E-state index in [1.165, 1.54) is 11.1 Å². The molecule has 0 aliphatic heterocycles. The average molecular weight is 232 g/mol. The van der Waals surface area contributed by atoms with Crippen LogP contribution in [0.2, 0.25) is 0 Å². The molecule has 17 heavy (non-hydrogen) atoms. The third-order valence-corrected chi connectivity index (χ3v) is 2.99.